The molecule has 2 rings (SSSR count). The van der Waals surface area contributed by atoms with Crippen molar-refractivity contribution in [2.45, 2.75) is 6.92 Å². The van der Waals surface area contributed by atoms with E-state index in [0.29, 0.717) is 11.6 Å². The summed E-state index contributed by atoms with van der Waals surface area (Å²) in [7, 11) is 0. The average molecular weight is 218 g/mol. The molecular formula is C9H10N6O. The number of oxime groups is 1. The van der Waals surface area contributed by atoms with E-state index in [1.165, 1.54) is 0 Å². The Morgan fingerprint density at radius 3 is 2.94 bits per heavy atom. The van der Waals surface area contributed by atoms with Crippen LogP contribution in [0.5, 0.6) is 0 Å². The van der Waals surface area contributed by atoms with Gasteiger partial charge in [0.25, 0.3) is 0 Å². The van der Waals surface area contributed by atoms with E-state index in [1.54, 1.807) is 36.3 Å². The lowest BCUT2D eigenvalue weighted by atomic mass is 10.3. The van der Waals surface area contributed by atoms with E-state index in [0.717, 1.165) is 5.69 Å². The molecule has 82 valence electrons. The van der Waals surface area contributed by atoms with Crippen LogP contribution in [-0.4, -0.2) is 30.6 Å². The van der Waals surface area contributed by atoms with Gasteiger partial charge in [-0.3, -0.25) is 4.57 Å². The first-order valence-electron chi connectivity index (χ1n) is 4.52. The number of hydrogen-bond acceptors (Lipinski definition) is 5. The number of rotatable bonds is 2. The number of hydrogen-bond donors (Lipinski definition) is 2. The van der Waals surface area contributed by atoms with Crippen LogP contribution < -0.4 is 5.73 Å². The van der Waals surface area contributed by atoms with Crippen molar-refractivity contribution >= 4 is 5.84 Å². The Balaban J connectivity index is 2.52. The minimum Gasteiger partial charge on any atom is -0.409 e. The van der Waals surface area contributed by atoms with Crippen molar-refractivity contribution in [1.82, 2.24) is 19.5 Å². The van der Waals surface area contributed by atoms with E-state index in [1.807, 2.05) is 0 Å². The minimum absolute atomic E-state index is 0.0492. The van der Waals surface area contributed by atoms with Crippen molar-refractivity contribution in [2.24, 2.45) is 10.9 Å². The third kappa shape index (κ3) is 1.83. The van der Waals surface area contributed by atoms with Crippen LogP contribution in [0.25, 0.3) is 5.95 Å². The fraction of sp³-hybridized carbons (Fsp3) is 0.111. The number of nitrogens with two attached hydrogens (primary N) is 1. The fourth-order valence-electron chi connectivity index (χ4n) is 1.23. The summed E-state index contributed by atoms with van der Waals surface area (Å²) in [5.74, 6) is 0.381. The van der Waals surface area contributed by atoms with Crippen LogP contribution in [-0.2, 0) is 0 Å². The van der Waals surface area contributed by atoms with Gasteiger partial charge < -0.3 is 10.9 Å². The highest BCUT2D eigenvalue weighted by Gasteiger charge is 2.07. The Kier molecular flexibility index (Phi) is 2.50. The molecule has 7 heteroatoms. The van der Waals surface area contributed by atoms with Crippen LogP contribution in [0, 0.1) is 6.92 Å². The van der Waals surface area contributed by atoms with Crippen LogP contribution in [0.1, 0.15) is 11.4 Å². The second-order valence-electron chi connectivity index (χ2n) is 3.15. The summed E-state index contributed by atoms with van der Waals surface area (Å²) in [5.41, 5.74) is 6.57. The third-order valence-corrected chi connectivity index (χ3v) is 1.95. The van der Waals surface area contributed by atoms with Gasteiger partial charge in [0, 0.05) is 18.1 Å². The Labute approximate surface area is 91.3 Å². The number of nitrogens with zero attached hydrogens (tertiary/aromatic N) is 5. The molecule has 0 atom stereocenters. The van der Waals surface area contributed by atoms with Crippen molar-refractivity contribution in [1.29, 1.82) is 0 Å². The van der Waals surface area contributed by atoms with Gasteiger partial charge in [-0.15, -0.1) is 0 Å². The Morgan fingerprint density at radius 2 is 2.31 bits per heavy atom. The predicted molar refractivity (Wildman–Crippen MR) is 56.4 cm³/mol. The summed E-state index contributed by atoms with van der Waals surface area (Å²) in [5, 5.41) is 11.5. The van der Waals surface area contributed by atoms with Crippen LogP contribution in [0.4, 0.5) is 0 Å². The summed E-state index contributed by atoms with van der Waals surface area (Å²) in [6.07, 6.45) is 4.91. The monoisotopic (exact) mass is 218 g/mol. The van der Waals surface area contributed by atoms with Gasteiger partial charge >= 0.3 is 0 Å². The summed E-state index contributed by atoms with van der Waals surface area (Å²) in [6.45, 7) is 1.80. The summed E-state index contributed by atoms with van der Waals surface area (Å²) in [6, 6.07) is 1.63. The largest absolute Gasteiger partial charge is 0.409 e. The second-order valence-corrected chi connectivity index (χ2v) is 3.15. The van der Waals surface area contributed by atoms with Gasteiger partial charge in [-0.2, -0.15) is 0 Å². The van der Waals surface area contributed by atoms with Crippen molar-refractivity contribution in [3.05, 3.63) is 36.2 Å². The topological polar surface area (TPSA) is 102 Å². The predicted octanol–water partition coefficient (Wildman–Crippen LogP) is 0.0652. The standard InChI is InChI=1S/C9H10N6O/c1-6-4-7(8(10)14-16)13-9(12-6)15-3-2-11-5-15/h2-5,16H,1H3,(H2,10,14). The molecule has 0 aliphatic heterocycles. The quantitative estimate of drug-likeness (QED) is 0.321. The lowest BCUT2D eigenvalue weighted by Crippen LogP contribution is -2.17. The molecule has 0 saturated heterocycles. The van der Waals surface area contributed by atoms with Crippen LogP contribution in [0.3, 0.4) is 0 Å². The molecule has 2 heterocycles. The van der Waals surface area contributed by atoms with E-state index in [4.69, 9.17) is 10.9 Å². The molecule has 2 aromatic rings. The molecule has 0 fully saturated rings. The molecule has 0 aliphatic rings. The molecule has 2 aromatic heterocycles. The van der Waals surface area contributed by atoms with E-state index in [9.17, 15) is 0 Å². The zero-order chi connectivity index (χ0) is 11.5. The molecule has 0 unspecified atom stereocenters. The number of aromatic nitrogens is 4. The molecule has 0 spiro atoms. The van der Waals surface area contributed by atoms with Crippen molar-refractivity contribution in [2.75, 3.05) is 0 Å². The van der Waals surface area contributed by atoms with Gasteiger partial charge in [0.15, 0.2) is 5.84 Å². The van der Waals surface area contributed by atoms with Crippen molar-refractivity contribution < 1.29 is 5.21 Å². The second kappa shape index (κ2) is 3.97. The first-order valence-corrected chi connectivity index (χ1v) is 4.52. The summed E-state index contributed by atoms with van der Waals surface area (Å²) >= 11 is 0. The van der Waals surface area contributed by atoms with E-state index in [2.05, 4.69) is 20.1 Å². The normalized spacial score (nSPS) is 11.7. The van der Waals surface area contributed by atoms with E-state index >= 15 is 0 Å². The molecule has 0 radical (unpaired) electrons. The Bertz CT molecular complexity index is 519. The highest BCUT2D eigenvalue weighted by molar-refractivity contribution is 5.95. The van der Waals surface area contributed by atoms with Gasteiger partial charge in [0.05, 0.1) is 0 Å². The molecule has 0 aromatic carbocycles. The zero-order valence-corrected chi connectivity index (χ0v) is 8.57. The van der Waals surface area contributed by atoms with Gasteiger partial charge in [-0.25, -0.2) is 15.0 Å². The molecule has 0 bridgehead atoms. The molecule has 16 heavy (non-hydrogen) atoms. The molecule has 0 saturated carbocycles. The smallest absolute Gasteiger partial charge is 0.235 e. The van der Waals surface area contributed by atoms with Crippen molar-refractivity contribution in [3.8, 4) is 5.95 Å². The lowest BCUT2D eigenvalue weighted by molar-refractivity contribution is 0.318. The highest BCUT2D eigenvalue weighted by Crippen LogP contribution is 2.04. The third-order valence-electron chi connectivity index (χ3n) is 1.95. The number of aryl methyl sites for hydroxylation is 1. The summed E-state index contributed by atoms with van der Waals surface area (Å²) < 4.78 is 1.64. The minimum atomic E-state index is -0.0492. The first kappa shape index (κ1) is 10.1. The Morgan fingerprint density at radius 1 is 1.50 bits per heavy atom. The first-order chi connectivity index (χ1) is 7.70. The molecule has 0 amide bonds. The van der Waals surface area contributed by atoms with Gasteiger partial charge in [0.1, 0.15) is 12.0 Å². The molecule has 7 nitrogen and oxygen atoms in total. The maximum atomic E-state index is 8.58. The number of imidazole rings is 1. The van der Waals surface area contributed by atoms with Gasteiger partial charge in [-0.05, 0) is 13.0 Å². The lowest BCUT2D eigenvalue weighted by Gasteiger charge is -2.04. The SMILES string of the molecule is Cc1cc(/C(N)=N/O)nc(-n2ccnc2)n1. The summed E-state index contributed by atoms with van der Waals surface area (Å²) in [4.78, 5) is 12.3. The molecule has 0 aliphatic carbocycles. The zero-order valence-electron chi connectivity index (χ0n) is 8.57. The average Bonchev–Trinajstić information content (AvgIpc) is 2.80. The van der Waals surface area contributed by atoms with Crippen LogP contribution in [0.2, 0.25) is 0 Å². The maximum absolute atomic E-state index is 8.58. The molecular weight excluding hydrogens is 208 g/mol. The van der Waals surface area contributed by atoms with Gasteiger partial charge in [-0.1, -0.05) is 5.16 Å². The van der Waals surface area contributed by atoms with Crippen LogP contribution in [0.15, 0.2) is 29.9 Å². The molecule has 3 N–H and O–H groups in total. The van der Waals surface area contributed by atoms with Crippen molar-refractivity contribution in [3.63, 3.8) is 0 Å². The fourth-order valence-corrected chi connectivity index (χ4v) is 1.23. The maximum Gasteiger partial charge on any atom is 0.235 e. The number of amidine groups is 1. The van der Waals surface area contributed by atoms with Gasteiger partial charge in [0.2, 0.25) is 5.95 Å². The van der Waals surface area contributed by atoms with E-state index < -0.39 is 0 Å². The Hall–Kier alpha value is -2.44. The van der Waals surface area contributed by atoms with Crippen LogP contribution >= 0.6 is 0 Å². The highest BCUT2D eigenvalue weighted by atomic mass is 16.4. The van der Waals surface area contributed by atoms with E-state index in [-0.39, 0.29) is 5.84 Å².